The predicted octanol–water partition coefficient (Wildman–Crippen LogP) is 0.996. The minimum atomic E-state index is -0.554. The Labute approximate surface area is 151 Å². The molecule has 1 aliphatic rings. The number of rotatable bonds is 5. The zero-order valence-corrected chi connectivity index (χ0v) is 14.6. The molecule has 0 unspecified atom stereocenters. The summed E-state index contributed by atoms with van der Waals surface area (Å²) in [5, 5.41) is 14.1. The minimum Gasteiger partial charge on any atom is -0.352 e. The predicted molar refractivity (Wildman–Crippen MR) is 95.5 cm³/mol. The van der Waals surface area contributed by atoms with Crippen molar-refractivity contribution in [3.63, 3.8) is 0 Å². The van der Waals surface area contributed by atoms with Gasteiger partial charge >= 0.3 is 5.91 Å². The molecular formula is C18H20N6O2. The van der Waals surface area contributed by atoms with Crippen molar-refractivity contribution in [1.29, 1.82) is 0 Å². The van der Waals surface area contributed by atoms with E-state index >= 15 is 0 Å². The van der Waals surface area contributed by atoms with Crippen LogP contribution in [-0.4, -0.2) is 44.6 Å². The quantitative estimate of drug-likeness (QED) is 0.810. The van der Waals surface area contributed by atoms with Gasteiger partial charge in [-0.1, -0.05) is 12.8 Å². The van der Waals surface area contributed by atoms with Gasteiger partial charge in [-0.3, -0.25) is 14.5 Å². The Morgan fingerprint density at radius 2 is 2.15 bits per heavy atom. The van der Waals surface area contributed by atoms with Gasteiger partial charge in [-0.05, 0) is 59.9 Å². The second-order valence-corrected chi connectivity index (χ2v) is 6.31. The molecule has 0 saturated heterocycles. The summed E-state index contributed by atoms with van der Waals surface area (Å²) in [5.74, 6) is 1.33. The molecule has 26 heavy (non-hydrogen) atoms. The van der Waals surface area contributed by atoms with Crippen LogP contribution in [0.4, 0.5) is 5.69 Å². The fourth-order valence-electron chi connectivity index (χ4n) is 3.18. The maximum Gasteiger partial charge on any atom is 0.303 e. The van der Waals surface area contributed by atoms with Crippen molar-refractivity contribution in [3.8, 4) is 18.0 Å². The lowest BCUT2D eigenvalue weighted by atomic mass is 10.1. The summed E-state index contributed by atoms with van der Waals surface area (Å²) in [6, 6.07) is 5.48. The van der Waals surface area contributed by atoms with Gasteiger partial charge in [0.05, 0.1) is 5.69 Å². The van der Waals surface area contributed by atoms with E-state index in [2.05, 4.69) is 26.8 Å². The van der Waals surface area contributed by atoms with E-state index in [9.17, 15) is 9.59 Å². The van der Waals surface area contributed by atoms with Crippen molar-refractivity contribution >= 4 is 17.5 Å². The van der Waals surface area contributed by atoms with Gasteiger partial charge in [-0.2, -0.15) is 0 Å². The van der Waals surface area contributed by atoms with Gasteiger partial charge in [0.2, 0.25) is 5.91 Å². The number of amides is 2. The zero-order chi connectivity index (χ0) is 18.5. The lowest BCUT2D eigenvalue weighted by molar-refractivity contribution is -0.122. The standard InChI is InChI=1S/C18H20N6O2/c1-3-18(26)23(11-17(25)20-14-6-4-5-7-14)15-8-9-16(13(2)10-15)24-12-19-21-22-24/h1,8-10,12,14H,4-7,11H2,2H3,(H,20,25). The van der Waals surface area contributed by atoms with Crippen LogP contribution in [0.1, 0.15) is 31.2 Å². The number of anilines is 1. The molecule has 2 amide bonds. The van der Waals surface area contributed by atoms with E-state index in [1.54, 1.807) is 18.2 Å². The molecule has 8 heteroatoms. The number of terminal acetylenes is 1. The SMILES string of the molecule is C#CC(=O)N(CC(=O)NC1CCCC1)c1ccc(-n2cnnn2)c(C)c1. The third kappa shape index (κ3) is 3.88. The summed E-state index contributed by atoms with van der Waals surface area (Å²) in [5.41, 5.74) is 2.19. The second-order valence-electron chi connectivity index (χ2n) is 6.31. The number of carbonyl (C=O) groups is 2. The van der Waals surface area contributed by atoms with Crippen LogP contribution in [0.2, 0.25) is 0 Å². The number of benzene rings is 1. The van der Waals surface area contributed by atoms with Crippen LogP contribution in [0, 0.1) is 19.3 Å². The fourth-order valence-corrected chi connectivity index (χ4v) is 3.18. The van der Waals surface area contributed by atoms with Gasteiger partial charge in [0.15, 0.2) is 0 Å². The highest BCUT2D eigenvalue weighted by Gasteiger charge is 2.22. The van der Waals surface area contributed by atoms with Crippen LogP contribution in [0.5, 0.6) is 0 Å². The van der Waals surface area contributed by atoms with Crippen molar-refractivity contribution in [2.45, 2.75) is 38.6 Å². The normalized spacial score (nSPS) is 14.0. The van der Waals surface area contributed by atoms with Gasteiger partial charge in [-0.25, -0.2) is 4.68 Å². The second kappa shape index (κ2) is 7.78. The number of aromatic nitrogens is 4. The fraction of sp³-hybridized carbons (Fsp3) is 0.389. The summed E-state index contributed by atoms with van der Waals surface area (Å²) in [7, 11) is 0. The average Bonchev–Trinajstić information content (AvgIpc) is 3.33. The summed E-state index contributed by atoms with van der Waals surface area (Å²) < 4.78 is 1.53. The van der Waals surface area contributed by atoms with Crippen molar-refractivity contribution in [1.82, 2.24) is 25.5 Å². The first-order valence-corrected chi connectivity index (χ1v) is 8.50. The van der Waals surface area contributed by atoms with Crippen LogP contribution < -0.4 is 10.2 Å². The lowest BCUT2D eigenvalue weighted by Gasteiger charge is -2.22. The molecule has 1 fully saturated rings. The highest BCUT2D eigenvalue weighted by Crippen LogP contribution is 2.22. The Bertz CT molecular complexity index is 834. The van der Waals surface area contributed by atoms with Crippen molar-refractivity contribution in [2.75, 3.05) is 11.4 Å². The average molecular weight is 352 g/mol. The number of aryl methyl sites for hydroxylation is 1. The first-order chi connectivity index (χ1) is 12.6. The molecule has 1 aromatic carbocycles. The molecule has 0 spiro atoms. The highest BCUT2D eigenvalue weighted by atomic mass is 16.2. The van der Waals surface area contributed by atoms with Crippen molar-refractivity contribution in [3.05, 3.63) is 30.1 Å². The van der Waals surface area contributed by atoms with Crippen LogP contribution in [0.3, 0.4) is 0 Å². The van der Waals surface area contributed by atoms with E-state index in [1.165, 1.54) is 15.9 Å². The number of hydrogen-bond acceptors (Lipinski definition) is 5. The molecule has 1 N–H and O–H groups in total. The highest BCUT2D eigenvalue weighted by molar-refractivity contribution is 6.08. The Kier molecular flexibility index (Phi) is 5.27. The van der Waals surface area contributed by atoms with Gasteiger partial charge < -0.3 is 5.32 Å². The first-order valence-electron chi connectivity index (χ1n) is 8.50. The smallest absolute Gasteiger partial charge is 0.303 e. The van der Waals surface area contributed by atoms with Crippen molar-refractivity contribution in [2.24, 2.45) is 0 Å². The Morgan fingerprint density at radius 1 is 1.38 bits per heavy atom. The maximum absolute atomic E-state index is 12.3. The molecule has 0 bridgehead atoms. The van der Waals surface area contributed by atoms with Gasteiger partial charge in [-0.15, -0.1) is 11.5 Å². The number of hydrogen-bond donors (Lipinski definition) is 1. The summed E-state index contributed by atoms with van der Waals surface area (Å²) in [6.07, 6.45) is 11.0. The largest absolute Gasteiger partial charge is 0.352 e. The summed E-state index contributed by atoms with van der Waals surface area (Å²) in [6.45, 7) is 1.76. The molecule has 1 heterocycles. The first kappa shape index (κ1) is 17.6. The van der Waals surface area contributed by atoms with Crippen LogP contribution in [-0.2, 0) is 9.59 Å². The zero-order valence-electron chi connectivity index (χ0n) is 14.6. The maximum atomic E-state index is 12.3. The molecule has 1 saturated carbocycles. The number of nitrogens with zero attached hydrogens (tertiary/aromatic N) is 5. The molecular weight excluding hydrogens is 332 g/mol. The third-order valence-electron chi connectivity index (χ3n) is 4.48. The van der Waals surface area contributed by atoms with E-state index in [1.807, 2.05) is 6.92 Å². The van der Waals surface area contributed by atoms with Crippen molar-refractivity contribution < 1.29 is 9.59 Å². The minimum absolute atomic E-state index is 0.108. The molecule has 134 valence electrons. The van der Waals surface area contributed by atoms with E-state index in [4.69, 9.17) is 6.42 Å². The van der Waals surface area contributed by atoms with Crippen LogP contribution >= 0.6 is 0 Å². The number of tetrazole rings is 1. The van der Waals surface area contributed by atoms with Gasteiger partial charge in [0.1, 0.15) is 12.9 Å². The topological polar surface area (TPSA) is 93.0 Å². The Balaban J connectivity index is 1.79. The van der Waals surface area contributed by atoms with Crippen LogP contribution in [0.25, 0.3) is 5.69 Å². The monoisotopic (exact) mass is 352 g/mol. The van der Waals surface area contributed by atoms with Crippen LogP contribution in [0.15, 0.2) is 24.5 Å². The summed E-state index contributed by atoms with van der Waals surface area (Å²) in [4.78, 5) is 25.8. The number of nitrogens with one attached hydrogen (secondary N) is 1. The van der Waals surface area contributed by atoms with E-state index in [0.29, 0.717) is 5.69 Å². The molecule has 1 aromatic heterocycles. The summed E-state index contributed by atoms with van der Waals surface area (Å²) >= 11 is 0. The Morgan fingerprint density at radius 3 is 2.77 bits per heavy atom. The Hall–Kier alpha value is -3.21. The molecule has 8 nitrogen and oxygen atoms in total. The van der Waals surface area contributed by atoms with Gasteiger partial charge in [0, 0.05) is 11.7 Å². The molecule has 2 aromatic rings. The van der Waals surface area contributed by atoms with E-state index < -0.39 is 5.91 Å². The molecule has 3 rings (SSSR count). The lowest BCUT2D eigenvalue weighted by Crippen LogP contribution is -2.43. The molecule has 0 aliphatic heterocycles. The van der Waals surface area contributed by atoms with E-state index in [-0.39, 0.29) is 18.5 Å². The molecule has 0 atom stereocenters. The number of carbonyl (C=O) groups excluding carboxylic acids is 2. The third-order valence-corrected chi connectivity index (χ3v) is 4.48. The van der Waals surface area contributed by atoms with E-state index in [0.717, 1.165) is 36.9 Å². The molecule has 0 radical (unpaired) electrons. The van der Waals surface area contributed by atoms with Gasteiger partial charge in [0.25, 0.3) is 0 Å². The molecule has 1 aliphatic carbocycles.